The summed E-state index contributed by atoms with van der Waals surface area (Å²) in [7, 11) is 0. The van der Waals surface area contributed by atoms with Crippen molar-refractivity contribution in [2.45, 2.75) is 45.3 Å². The van der Waals surface area contributed by atoms with Crippen LogP contribution in [-0.2, 0) is 22.6 Å². The van der Waals surface area contributed by atoms with Crippen LogP contribution in [0, 0.1) is 5.41 Å². The summed E-state index contributed by atoms with van der Waals surface area (Å²) in [4.78, 5) is 46.2. The fourth-order valence-electron chi connectivity index (χ4n) is 5.61. The van der Waals surface area contributed by atoms with Crippen molar-refractivity contribution in [1.82, 2.24) is 15.1 Å². The van der Waals surface area contributed by atoms with Gasteiger partial charge in [0.15, 0.2) is 5.41 Å². The third-order valence-corrected chi connectivity index (χ3v) is 7.14. The van der Waals surface area contributed by atoms with E-state index in [1.54, 1.807) is 0 Å². The molecule has 4 amide bonds. The van der Waals surface area contributed by atoms with Crippen LogP contribution in [0.4, 0.5) is 10.5 Å². The molecular weight excluding hydrogens is 416 g/mol. The highest BCUT2D eigenvalue weighted by Gasteiger charge is 2.64. The number of amides is 4. The van der Waals surface area contributed by atoms with Crippen molar-refractivity contribution in [2.24, 2.45) is 5.41 Å². The molecule has 33 heavy (non-hydrogen) atoms. The molecule has 0 radical (unpaired) electrons. The first-order chi connectivity index (χ1) is 15.7. The van der Waals surface area contributed by atoms with Crippen molar-refractivity contribution < 1.29 is 14.4 Å². The number of nitrogens with zero attached hydrogens (tertiary/aromatic N) is 3. The number of piperazine rings is 1. The van der Waals surface area contributed by atoms with Gasteiger partial charge in [-0.3, -0.25) is 24.7 Å². The number of benzene rings is 2. The van der Waals surface area contributed by atoms with Crippen LogP contribution in [-0.4, -0.2) is 58.9 Å². The van der Waals surface area contributed by atoms with Gasteiger partial charge >= 0.3 is 6.03 Å². The van der Waals surface area contributed by atoms with E-state index < -0.39 is 28.8 Å². The summed E-state index contributed by atoms with van der Waals surface area (Å²) in [6.07, 6.45) is 0.286. The molecule has 0 aliphatic carbocycles. The van der Waals surface area contributed by atoms with Gasteiger partial charge in [-0.05, 0) is 44.4 Å². The minimum atomic E-state index is -1.36. The third kappa shape index (κ3) is 3.42. The van der Waals surface area contributed by atoms with E-state index in [9.17, 15) is 14.4 Å². The van der Waals surface area contributed by atoms with Crippen molar-refractivity contribution in [3.63, 3.8) is 0 Å². The van der Waals surface area contributed by atoms with Gasteiger partial charge in [-0.15, -0.1) is 0 Å². The first-order valence-corrected chi connectivity index (χ1v) is 11.5. The molecule has 1 N–H and O–H groups in total. The molecule has 2 fully saturated rings. The molecule has 3 heterocycles. The minimum absolute atomic E-state index is 0.286. The normalized spacial score (nSPS) is 25.7. The Morgan fingerprint density at radius 3 is 2.39 bits per heavy atom. The van der Waals surface area contributed by atoms with E-state index in [4.69, 9.17) is 0 Å². The van der Waals surface area contributed by atoms with Crippen LogP contribution >= 0.6 is 0 Å². The molecule has 3 aliphatic rings. The first kappa shape index (κ1) is 21.6. The predicted octanol–water partition coefficient (Wildman–Crippen LogP) is 2.80. The number of barbiturate groups is 1. The van der Waals surface area contributed by atoms with Gasteiger partial charge in [-0.1, -0.05) is 48.5 Å². The molecule has 0 saturated carbocycles. The molecule has 2 unspecified atom stereocenters. The minimum Gasteiger partial charge on any atom is -0.364 e. The van der Waals surface area contributed by atoms with Crippen molar-refractivity contribution in [2.75, 3.05) is 24.5 Å². The molecule has 2 aromatic carbocycles. The fourth-order valence-corrected chi connectivity index (χ4v) is 5.61. The van der Waals surface area contributed by atoms with Crippen LogP contribution in [0.5, 0.6) is 0 Å². The van der Waals surface area contributed by atoms with E-state index in [1.807, 2.05) is 57.2 Å². The summed E-state index contributed by atoms with van der Waals surface area (Å²) < 4.78 is 0. The number of hydrogen-bond acceptors (Lipinski definition) is 5. The van der Waals surface area contributed by atoms with Gasteiger partial charge in [0.1, 0.15) is 0 Å². The SMILES string of the molecule is CC(C)(C)N1C(=O)NC(=O)C2(Cc3ccccc3N3CCN(Cc4ccccc4)CC32)C1=O. The fraction of sp³-hybridized carbons (Fsp3) is 0.423. The van der Waals surface area contributed by atoms with Crippen molar-refractivity contribution in [3.05, 3.63) is 65.7 Å². The van der Waals surface area contributed by atoms with Crippen molar-refractivity contribution >= 4 is 23.5 Å². The number of carbonyl (C=O) groups is 3. The predicted molar refractivity (Wildman–Crippen MR) is 126 cm³/mol. The van der Waals surface area contributed by atoms with Gasteiger partial charge in [0, 0.05) is 37.4 Å². The molecule has 5 rings (SSSR count). The second-order valence-electron chi connectivity index (χ2n) is 10.3. The van der Waals surface area contributed by atoms with E-state index >= 15 is 0 Å². The Balaban J connectivity index is 1.58. The Morgan fingerprint density at radius 2 is 1.67 bits per heavy atom. The van der Waals surface area contributed by atoms with Gasteiger partial charge in [-0.25, -0.2) is 4.79 Å². The number of para-hydroxylation sites is 1. The lowest BCUT2D eigenvalue weighted by Gasteiger charge is -2.56. The lowest BCUT2D eigenvalue weighted by molar-refractivity contribution is -0.157. The van der Waals surface area contributed by atoms with Gasteiger partial charge < -0.3 is 4.90 Å². The largest absolute Gasteiger partial charge is 0.364 e. The second-order valence-corrected chi connectivity index (χ2v) is 10.3. The van der Waals surface area contributed by atoms with E-state index in [0.29, 0.717) is 13.1 Å². The molecule has 0 aromatic heterocycles. The van der Waals surface area contributed by atoms with Gasteiger partial charge in [-0.2, -0.15) is 0 Å². The molecule has 172 valence electrons. The van der Waals surface area contributed by atoms with Crippen molar-refractivity contribution in [3.8, 4) is 0 Å². The van der Waals surface area contributed by atoms with Gasteiger partial charge in [0.25, 0.3) is 0 Å². The molecule has 2 aromatic rings. The highest BCUT2D eigenvalue weighted by Crippen LogP contribution is 2.46. The van der Waals surface area contributed by atoms with Gasteiger partial charge in [0.2, 0.25) is 11.8 Å². The molecule has 2 saturated heterocycles. The Morgan fingerprint density at radius 1 is 0.970 bits per heavy atom. The Hall–Kier alpha value is -3.19. The lowest BCUT2D eigenvalue weighted by Crippen LogP contribution is -2.76. The smallest absolute Gasteiger partial charge is 0.331 e. The maximum absolute atomic E-state index is 14.1. The average Bonchev–Trinajstić information content (AvgIpc) is 2.77. The highest BCUT2D eigenvalue weighted by atomic mass is 16.2. The molecule has 3 aliphatic heterocycles. The maximum atomic E-state index is 14.1. The molecule has 7 heteroatoms. The number of imide groups is 2. The quantitative estimate of drug-likeness (QED) is 0.719. The third-order valence-electron chi connectivity index (χ3n) is 7.14. The summed E-state index contributed by atoms with van der Waals surface area (Å²) in [6, 6.07) is 17.2. The molecule has 7 nitrogen and oxygen atoms in total. The van der Waals surface area contributed by atoms with Crippen molar-refractivity contribution in [1.29, 1.82) is 0 Å². The monoisotopic (exact) mass is 446 g/mol. The Kier molecular flexibility index (Phi) is 5.05. The van der Waals surface area contributed by atoms with Crippen LogP contribution in [0.15, 0.2) is 54.6 Å². The Labute approximate surface area is 194 Å². The maximum Gasteiger partial charge on any atom is 0.331 e. The van der Waals surface area contributed by atoms with E-state index in [-0.39, 0.29) is 12.5 Å². The number of nitrogens with one attached hydrogen (secondary N) is 1. The zero-order valence-corrected chi connectivity index (χ0v) is 19.4. The number of urea groups is 1. The summed E-state index contributed by atoms with van der Waals surface area (Å²) in [5.74, 6) is -0.876. The molecule has 1 spiro atoms. The topological polar surface area (TPSA) is 73.0 Å². The lowest BCUT2D eigenvalue weighted by atomic mass is 9.67. The number of rotatable bonds is 2. The zero-order valence-electron chi connectivity index (χ0n) is 19.4. The first-order valence-electron chi connectivity index (χ1n) is 11.5. The number of hydrogen-bond donors (Lipinski definition) is 1. The number of fused-ring (bicyclic) bond motifs is 4. The van der Waals surface area contributed by atoms with Crippen LogP contribution in [0.3, 0.4) is 0 Å². The van der Waals surface area contributed by atoms with E-state index in [2.05, 4.69) is 33.3 Å². The van der Waals surface area contributed by atoms with Crippen LogP contribution < -0.4 is 10.2 Å². The number of anilines is 1. The van der Waals surface area contributed by atoms with E-state index in [1.165, 1.54) is 10.5 Å². The summed E-state index contributed by atoms with van der Waals surface area (Å²) in [5.41, 5.74) is 1.14. The second kappa shape index (κ2) is 7.70. The summed E-state index contributed by atoms with van der Waals surface area (Å²) >= 11 is 0. The highest BCUT2D eigenvalue weighted by molar-refractivity contribution is 6.20. The molecule has 2 atom stereocenters. The average molecular weight is 447 g/mol. The summed E-state index contributed by atoms with van der Waals surface area (Å²) in [6.45, 7) is 8.32. The van der Waals surface area contributed by atoms with Gasteiger partial charge in [0.05, 0.1) is 6.04 Å². The zero-order chi connectivity index (χ0) is 23.4. The van der Waals surface area contributed by atoms with Crippen LogP contribution in [0.1, 0.15) is 31.9 Å². The van der Waals surface area contributed by atoms with E-state index in [0.717, 1.165) is 24.3 Å². The summed E-state index contributed by atoms with van der Waals surface area (Å²) in [5, 5.41) is 2.54. The molecule has 0 bridgehead atoms. The van der Waals surface area contributed by atoms with Crippen LogP contribution in [0.2, 0.25) is 0 Å². The number of carbonyl (C=O) groups excluding carboxylic acids is 3. The molecular formula is C26H30N4O3. The Bertz CT molecular complexity index is 1110. The standard InChI is InChI=1S/C26H30N4O3/c1-25(2,3)30-23(32)26(22(31)27-24(30)33)15-19-11-7-8-12-20(19)29-14-13-28(17-21(26)29)16-18-9-5-4-6-10-18/h4-12,21H,13-17H2,1-3H3,(H,27,31,33). The van der Waals surface area contributed by atoms with Crippen LogP contribution in [0.25, 0.3) is 0 Å².